The summed E-state index contributed by atoms with van der Waals surface area (Å²) >= 11 is 6.01. The van der Waals surface area contributed by atoms with Gasteiger partial charge in [0.15, 0.2) is 0 Å². The molecule has 0 radical (unpaired) electrons. The summed E-state index contributed by atoms with van der Waals surface area (Å²) in [6.45, 7) is 2.68. The molecule has 0 saturated carbocycles. The van der Waals surface area contributed by atoms with Crippen molar-refractivity contribution in [2.75, 3.05) is 40.1 Å². The van der Waals surface area contributed by atoms with Gasteiger partial charge in [-0.05, 0) is 23.8 Å². The Morgan fingerprint density at radius 2 is 1.96 bits per heavy atom. The zero-order chi connectivity index (χ0) is 17.6. The lowest BCUT2D eigenvalue weighted by Crippen LogP contribution is -2.20. The van der Waals surface area contributed by atoms with E-state index in [4.69, 9.17) is 30.5 Å². The van der Waals surface area contributed by atoms with E-state index in [1.54, 1.807) is 12.1 Å². The monoisotopic (exact) mass is 367 g/mol. The molecule has 5 nitrogen and oxygen atoms in total. The van der Waals surface area contributed by atoms with Gasteiger partial charge in [0.1, 0.15) is 11.6 Å². The van der Waals surface area contributed by atoms with Crippen LogP contribution in [0.1, 0.15) is 0 Å². The number of halogens is 2. The summed E-state index contributed by atoms with van der Waals surface area (Å²) < 4.78 is 35.9. The second kappa shape index (κ2) is 8.47. The van der Waals surface area contributed by atoms with Gasteiger partial charge in [0.2, 0.25) is 5.88 Å². The zero-order valence-electron chi connectivity index (χ0n) is 13.8. The maximum Gasteiger partial charge on any atom is 0.221 e. The predicted octanol–water partition coefficient (Wildman–Crippen LogP) is 3.59. The fourth-order valence-corrected chi connectivity index (χ4v) is 2.73. The molecule has 134 valence electrons. The van der Waals surface area contributed by atoms with Gasteiger partial charge in [-0.15, -0.1) is 0 Å². The van der Waals surface area contributed by atoms with E-state index in [2.05, 4.69) is 4.98 Å². The van der Waals surface area contributed by atoms with E-state index in [1.807, 2.05) is 0 Å². The number of methoxy groups -OCH3 is 1. The third-order valence-corrected chi connectivity index (χ3v) is 3.96. The van der Waals surface area contributed by atoms with Gasteiger partial charge in [0.25, 0.3) is 0 Å². The molecule has 0 unspecified atom stereocenters. The van der Waals surface area contributed by atoms with E-state index in [1.165, 1.54) is 25.4 Å². The van der Waals surface area contributed by atoms with Crippen molar-refractivity contribution in [3.05, 3.63) is 41.3 Å². The molecule has 2 aromatic rings. The van der Waals surface area contributed by atoms with Gasteiger partial charge >= 0.3 is 0 Å². The summed E-state index contributed by atoms with van der Waals surface area (Å²) in [5, 5.41) is 0.440. The van der Waals surface area contributed by atoms with Crippen molar-refractivity contribution >= 4 is 11.6 Å². The first-order valence-electron chi connectivity index (χ1n) is 7.94. The Hall–Kier alpha value is -1.89. The molecule has 0 spiro atoms. The highest BCUT2D eigenvalue weighted by atomic mass is 35.5. The Bertz CT molecular complexity index is 720. The summed E-state index contributed by atoms with van der Waals surface area (Å²) in [5.74, 6) is 0.479. The summed E-state index contributed by atoms with van der Waals surface area (Å²) in [7, 11) is 1.50. The third-order valence-electron chi connectivity index (χ3n) is 3.76. The topological polar surface area (TPSA) is 49.8 Å². The molecule has 0 aliphatic carbocycles. The lowest BCUT2D eigenvalue weighted by atomic mass is 10.1. The van der Waals surface area contributed by atoms with Crippen molar-refractivity contribution < 1.29 is 23.3 Å². The first-order chi connectivity index (χ1) is 12.2. The molecule has 1 aromatic carbocycles. The standard InChI is InChI=1S/C18H19ClFNO4/c1-22-18-17(6-14(19)8-21-18)13-4-15(20)7-16(5-13)25-11-12-9-23-2-3-24-10-12/h4-8,12H,2-3,9-11H2,1H3. The van der Waals surface area contributed by atoms with Crippen molar-refractivity contribution in [1.82, 2.24) is 4.98 Å². The lowest BCUT2D eigenvalue weighted by Gasteiger charge is -2.15. The van der Waals surface area contributed by atoms with Crippen LogP contribution < -0.4 is 9.47 Å². The van der Waals surface area contributed by atoms with Crippen LogP contribution >= 0.6 is 11.6 Å². The van der Waals surface area contributed by atoms with Gasteiger partial charge in [-0.2, -0.15) is 0 Å². The average molecular weight is 368 g/mol. The van der Waals surface area contributed by atoms with Crippen LogP contribution in [0.15, 0.2) is 30.5 Å². The largest absolute Gasteiger partial charge is 0.493 e. The van der Waals surface area contributed by atoms with Crippen LogP contribution in [0.3, 0.4) is 0 Å². The third kappa shape index (κ3) is 4.81. The predicted molar refractivity (Wildman–Crippen MR) is 91.8 cm³/mol. The molecule has 1 saturated heterocycles. The Morgan fingerprint density at radius 1 is 1.20 bits per heavy atom. The molecule has 1 aliphatic rings. The van der Waals surface area contributed by atoms with Crippen LogP contribution in [-0.4, -0.2) is 45.1 Å². The first-order valence-corrected chi connectivity index (χ1v) is 8.32. The number of nitrogens with zero attached hydrogens (tertiary/aromatic N) is 1. The minimum atomic E-state index is -0.414. The van der Waals surface area contributed by atoms with Crippen LogP contribution in [0.2, 0.25) is 5.02 Å². The lowest BCUT2D eigenvalue weighted by molar-refractivity contribution is 0.101. The quantitative estimate of drug-likeness (QED) is 0.808. The Morgan fingerprint density at radius 3 is 2.68 bits per heavy atom. The second-order valence-corrected chi connectivity index (χ2v) is 6.15. The van der Waals surface area contributed by atoms with Gasteiger partial charge in [0.05, 0.1) is 45.2 Å². The number of ether oxygens (including phenoxy) is 4. The fourth-order valence-electron chi connectivity index (χ4n) is 2.57. The minimum Gasteiger partial charge on any atom is -0.493 e. The number of benzene rings is 1. The smallest absolute Gasteiger partial charge is 0.221 e. The Balaban J connectivity index is 1.79. The van der Waals surface area contributed by atoms with E-state index >= 15 is 0 Å². The molecule has 1 aliphatic heterocycles. The molecule has 1 fully saturated rings. The van der Waals surface area contributed by atoms with E-state index < -0.39 is 5.82 Å². The van der Waals surface area contributed by atoms with Crippen molar-refractivity contribution in [1.29, 1.82) is 0 Å². The Kier molecular flexibility index (Phi) is 6.07. The molecule has 0 bridgehead atoms. The minimum absolute atomic E-state index is 0.108. The molecule has 3 rings (SSSR count). The molecule has 2 heterocycles. The van der Waals surface area contributed by atoms with Crippen LogP contribution in [0.4, 0.5) is 4.39 Å². The van der Waals surface area contributed by atoms with Crippen molar-refractivity contribution in [2.45, 2.75) is 0 Å². The van der Waals surface area contributed by atoms with Crippen molar-refractivity contribution in [2.24, 2.45) is 5.92 Å². The highest BCUT2D eigenvalue weighted by Gasteiger charge is 2.15. The molecule has 0 amide bonds. The summed E-state index contributed by atoms with van der Waals surface area (Å²) in [6.07, 6.45) is 1.48. The number of hydrogen-bond donors (Lipinski definition) is 0. The summed E-state index contributed by atoms with van der Waals surface area (Å²) in [6, 6.07) is 6.14. The zero-order valence-corrected chi connectivity index (χ0v) is 14.6. The number of pyridine rings is 1. The number of hydrogen-bond acceptors (Lipinski definition) is 5. The summed E-state index contributed by atoms with van der Waals surface area (Å²) in [5.41, 5.74) is 1.18. The van der Waals surface area contributed by atoms with Crippen LogP contribution in [-0.2, 0) is 9.47 Å². The van der Waals surface area contributed by atoms with Gasteiger partial charge in [-0.25, -0.2) is 9.37 Å². The van der Waals surface area contributed by atoms with Crippen molar-refractivity contribution in [3.63, 3.8) is 0 Å². The SMILES string of the molecule is COc1ncc(Cl)cc1-c1cc(F)cc(OCC2COCCOC2)c1. The van der Waals surface area contributed by atoms with Crippen molar-refractivity contribution in [3.8, 4) is 22.8 Å². The molecular formula is C18H19ClFNO4. The van der Waals surface area contributed by atoms with Gasteiger partial charge < -0.3 is 18.9 Å². The van der Waals surface area contributed by atoms with E-state index in [0.29, 0.717) is 60.8 Å². The average Bonchev–Trinajstić information content (AvgIpc) is 2.88. The fraction of sp³-hybridized carbons (Fsp3) is 0.389. The molecule has 1 aromatic heterocycles. The van der Waals surface area contributed by atoms with E-state index in [-0.39, 0.29) is 5.92 Å². The second-order valence-electron chi connectivity index (χ2n) is 5.71. The highest BCUT2D eigenvalue weighted by molar-refractivity contribution is 6.30. The molecule has 0 atom stereocenters. The van der Waals surface area contributed by atoms with Gasteiger partial charge in [-0.1, -0.05) is 11.6 Å². The van der Waals surface area contributed by atoms with Gasteiger partial charge in [0, 0.05) is 23.7 Å². The molecule has 7 heteroatoms. The Labute approximate surface area is 150 Å². The highest BCUT2D eigenvalue weighted by Crippen LogP contribution is 2.33. The number of aromatic nitrogens is 1. The van der Waals surface area contributed by atoms with E-state index in [9.17, 15) is 4.39 Å². The molecule has 0 N–H and O–H groups in total. The van der Waals surface area contributed by atoms with Gasteiger partial charge in [-0.3, -0.25) is 0 Å². The first kappa shape index (κ1) is 17.9. The maximum atomic E-state index is 14.1. The molecule has 25 heavy (non-hydrogen) atoms. The number of rotatable bonds is 5. The van der Waals surface area contributed by atoms with E-state index in [0.717, 1.165) is 0 Å². The van der Waals surface area contributed by atoms with Crippen LogP contribution in [0.25, 0.3) is 11.1 Å². The van der Waals surface area contributed by atoms with Crippen LogP contribution in [0.5, 0.6) is 11.6 Å². The maximum absolute atomic E-state index is 14.1. The summed E-state index contributed by atoms with van der Waals surface area (Å²) in [4.78, 5) is 4.11. The van der Waals surface area contributed by atoms with Crippen LogP contribution in [0, 0.1) is 11.7 Å². The normalized spacial score (nSPS) is 15.6. The molecular weight excluding hydrogens is 349 g/mol.